The molecule has 1 aliphatic heterocycles. The lowest BCUT2D eigenvalue weighted by atomic mass is 9.81. The number of amides is 1. The number of halogens is 3. The van der Waals surface area contributed by atoms with Crippen LogP contribution in [0, 0.1) is 11.3 Å². The van der Waals surface area contributed by atoms with Gasteiger partial charge >= 0.3 is 12.3 Å². The van der Waals surface area contributed by atoms with Gasteiger partial charge < -0.3 is 14.7 Å². The van der Waals surface area contributed by atoms with Crippen molar-refractivity contribution in [2.24, 2.45) is 11.3 Å². The molecule has 1 saturated carbocycles. The fraction of sp³-hybridized carbons (Fsp3) is 0.500. The van der Waals surface area contributed by atoms with E-state index in [1.54, 1.807) is 0 Å². The molecule has 1 heterocycles. The highest BCUT2D eigenvalue weighted by Gasteiger charge is 2.55. The Morgan fingerprint density at radius 1 is 1.25 bits per heavy atom. The zero-order chi connectivity index (χ0) is 17.5. The van der Waals surface area contributed by atoms with E-state index in [4.69, 9.17) is 0 Å². The number of nitrogens with zero attached hydrogens (tertiary/aromatic N) is 1. The Kier molecular flexibility index (Phi) is 3.93. The predicted molar refractivity (Wildman–Crippen MR) is 76.4 cm³/mol. The first-order chi connectivity index (χ1) is 11.2. The van der Waals surface area contributed by atoms with Crippen molar-refractivity contribution >= 4 is 11.9 Å². The Hall–Kier alpha value is -2.25. The summed E-state index contributed by atoms with van der Waals surface area (Å²) in [6.07, 6.45) is -2.63. The molecule has 24 heavy (non-hydrogen) atoms. The van der Waals surface area contributed by atoms with Crippen molar-refractivity contribution in [3.63, 3.8) is 0 Å². The van der Waals surface area contributed by atoms with Crippen LogP contribution in [-0.4, -0.2) is 41.3 Å². The second kappa shape index (κ2) is 5.68. The second-order valence-corrected chi connectivity index (χ2v) is 6.31. The molecule has 1 saturated heterocycles. The number of rotatable bonds is 3. The van der Waals surface area contributed by atoms with Crippen LogP contribution in [0.5, 0.6) is 5.75 Å². The van der Waals surface area contributed by atoms with E-state index < -0.39 is 23.5 Å². The van der Waals surface area contributed by atoms with Gasteiger partial charge in [0.2, 0.25) is 0 Å². The van der Waals surface area contributed by atoms with Gasteiger partial charge in [-0.1, -0.05) is 6.42 Å². The molecule has 0 aromatic heterocycles. The van der Waals surface area contributed by atoms with Crippen molar-refractivity contribution in [3.05, 3.63) is 29.8 Å². The smallest absolute Gasteiger partial charge is 0.481 e. The lowest BCUT2D eigenvalue weighted by molar-refractivity contribution is -0.274. The monoisotopic (exact) mass is 343 g/mol. The predicted octanol–water partition coefficient (Wildman–Crippen LogP) is 2.91. The number of hydrogen-bond acceptors (Lipinski definition) is 3. The Morgan fingerprint density at radius 2 is 1.92 bits per heavy atom. The molecule has 0 spiro atoms. The van der Waals surface area contributed by atoms with Crippen LogP contribution in [0.2, 0.25) is 0 Å². The van der Waals surface area contributed by atoms with Crippen molar-refractivity contribution in [2.75, 3.05) is 13.1 Å². The van der Waals surface area contributed by atoms with Crippen molar-refractivity contribution in [1.82, 2.24) is 4.90 Å². The van der Waals surface area contributed by atoms with Crippen LogP contribution in [-0.2, 0) is 4.79 Å². The molecule has 0 radical (unpaired) electrons. The third-order valence-electron chi connectivity index (χ3n) is 4.92. The van der Waals surface area contributed by atoms with Gasteiger partial charge in [-0.3, -0.25) is 9.59 Å². The summed E-state index contributed by atoms with van der Waals surface area (Å²) in [5.74, 6) is -1.72. The maximum Gasteiger partial charge on any atom is 0.573 e. The second-order valence-electron chi connectivity index (χ2n) is 6.31. The number of carboxylic acid groups (broad SMARTS) is 1. The SMILES string of the molecule is O=C(c1ccc(OC(F)(F)F)cc1)N1C[C@@H]2CCC[C@@]2(C(=O)O)C1. The van der Waals surface area contributed by atoms with E-state index in [0.717, 1.165) is 25.0 Å². The van der Waals surface area contributed by atoms with Crippen LogP contribution in [0.1, 0.15) is 29.6 Å². The molecule has 5 nitrogen and oxygen atoms in total. The van der Waals surface area contributed by atoms with Crippen molar-refractivity contribution in [1.29, 1.82) is 0 Å². The molecule has 1 amide bonds. The highest BCUT2D eigenvalue weighted by Crippen LogP contribution is 2.49. The topological polar surface area (TPSA) is 66.8 Å². The summed E-state index contributed by atoms with van der Waals surface area (Å²) in [5.41, 5.74) is -0.667. The van der Waals surface area contributed by atoms with E-state index >= 15 is 0 Å². The number of carbonyl (C=O) groups excluding carboxylic acids is 1. The van der Waals surface area contributed by atoms with Crippen molar-refractivity contribution < 1.29 is 32.6 Å². The molecule has 3 rings (SSSR count). The van der Waals surface area contributed by atoms with Gasteiger partial charge in [0.25, 0.3) is 5.91 Å². The zero-order valence-electron chi connectivity index (χ0n) is 12.7. The number of ether oxygens (including phenoxy) is 1. The third kappa shape index (κ3) is 2.92. The molecule has 1 aromatic carbocycles. The summed E-state index contributed by atoms with van der Waals surface area (Å²) in [6, 6.07) is 4.66. The highest BCUT2D eigenvalue weighted by atomic mass is 19.4. The summed E-state index contributed by atoms with van der Waals surface area (Å²) in [7, 11) is 0. The average Bonchev–Trinajstić information content (AvgIpc) is 3.03. The van der Waals surface area contributed by atoms with Gasteiger partial charge in [0, 0.05) is 18.7 Å². The van der Waals surface area contributed by atoms with E-state index in [1.807, 2.05) is 0 Å². The van der Waals surface area contributed by atoms with E-state index in [9.17, 15) is 27.9 Å². The number of benzene rings is 1. The summed E-state index contributed by atoms with van der Waals surface area (Å²) in [6.45, 7) is 0.512. The van der Waals surface area contributed by atoms with Crippen LogP contribution in [0.4, 0.5) is 13.2 Å². The number of hydrogen-bond donors (Lipinski definition) is 1. The van der Waals surface area contributed by atoms with Gasteiger partial charge in [-0.25, -0.2) is 0 Å². The summed E-state index contributed by atoms with van der Waals surface area (Å²) in [4.78, 5) is 25.6. The fourth-order valence-electron chi connectivity index (χ4n) is 3.78. The molecule has 1 N–H and O–H groups in total. The minimum absolute atomic E-state index is 0.0632. The highest BCUT2D eigenvalue weighted by molar-refractivity contribution is 5.95. The first-order valence-electron chi connectivity index (χ1n) is 7.60. The normalized spacial score (nSPS) is 26.3. The number of likely N-dealkylation sites (tertiary alicyclic amines) is 1. The van der Waals surface area contributed by atoms with Crippen molar-refractivity contribution in [2.45, 2.75) is 25.6 Å². The maximum absolute atomic E-state index is 12.5. The Morgan fingerprint density at radius 3 is 2.46 bits per heavy atom. The Balaban J connectivity index is 1.73. The van der Waals surface area contributed by atoms with Crippen molar-refractivity contribution in [3.8, 4) is 5.75 Å². The number of alkyl halides is 3. The van der Waals surface area contributed by atoms with E-state index in [0.29, 0.717) is 13.0 Å². The number of aliphatic carboxylic acids is 1. The third-order valence-corrected chi connectivity index (χ3v) is 4.92. The van der Waals surface area contributed by atoms with Crippen LogP contribution >= 0.6 is 0 Å². The Labute approximate surface area is 136 Å². The molecular formula is C16H16F3NO4. The van der Waals surface area contributed by atoms with E-state index in [-0.39, 0.29) is 23.9 Å². The molecule has 0 unspecified atom stereocenters. The zero-order valence-corrected chi connectivity index (χ0v) is 12.7. The number of carboxylic acids is 1. The van der Waals surface area contributed by atoms with Crippen LogP contribution in [0.15, 0.2) is 24.3 Å². The molecule has 1 aliphatic carbocycles. The van der Waals surface area contributed by atoms with E-state index in [2.05, 4.69) is 4.74 Å². The van der Waals surface area contributed by atoms with Gasteiger partial charge in [0.05, 0.1) is 5.41 Å². The van der Waals surface area contributed by atoms with Gasteiger partial charge in [-0.15, -0.1) is 13.2 Å². The lowest BCUT2D eigenvalue weighted by Crippen LogP contribution is -2.37. The average molecular weight is 343 g/mol. The van der Waals surface area contributed by atoms with Crippen LogP contribution in [0.25, 0.3) is 0 Å². The summed E-state index contributed by atoms with van der Waals surface area (Å²) < 4.78 is 40.2. The molecule has 0 bridgehead atoms. The summed E-state index contributed by atoms with van der Waals surface area (Å²) in [5, 5.41) is 9.53. The lowest BCUT2D eigenvalue weighted by Gasteiger charge is -2.23. The minimum atomic E-state index is -4.79. The molecule has 2 fully saturated rings. The fourth-order valence-corrected chi connectivity index (χ4v) is 3.78. The van der Waals surface area contributed by atoms with Crippen LogP contribution in [0.3, 0.4) is 0 Å². The minimum Gasteiger partial charge on any atom is -0.481 e. The van der Waals surface area contributed by atoms with E-state index in [1.165, 1.54) is 17.0 Å². The number of carbonyl (C=O) groups is 2. The molecule has 1 aromatic rings. The maximum atomic E-state index is 12.5. The molecular weight excluding hydrogens is 327 g/mol. The van der Waals surface area contributed by atoms with Gasteiger partial charge in [-0.2, -0.15) is 0 Å². The standard InChI is InChI=1S/C16H16F3NO4/c17-16(18,19)24-12-5-3-10(4-6-12)13(21)20-8-11-2-1-7-15(11,9-20)14(22)23/h3-6,11H,1-2,7-9H2,(H,22,23)/t11-,15+/m0/s1. The van der Waals surface area contributed by atoms with Crippen LogP contribution < -0.4 is 4.74 Å². The molecule has 8 heteroatoms. The molecule has 2 atom stereocenters. The molecule has 2 aliphatic rings. The Bertz CT molecular complexity index is 658. The number of fused-ring (bicyclic) bond motifs is 1. The van der Waals surface area contributed by atoms with Gasteiger partial charge in [0.1, 0.15) is 5.75 Å². The first kappa shape index (κ1) is 16.6. The van der Waals surface area contributed by atoms with Gasteiger partial charge in [-0.05, 0) is 43.0 Å². The van der Waals surface area contributed by atoms with Gasteiger partial charge in [0.15, 0.2) is 0 Å². The summed E-state index contributed by atoms with van der Waals surface area (Å²) >= 11 is 0. The quantitative estimate of drug-likeness (QED) is 0.916. The first-order valence-corrected chi connectivity index (χ1v) is 7.60. The largest absolute Gasteiger partial charge is 0.573 e. The molecule has 130 valence electrons.